The minimum absolute atomic E-state index is 0.0480. The van der Waals surface area contributed by atoms with E-state index in [0.717, 1.165) is 16.6 Å². The quantitative estimate of drug-likeness (QED) is 0.787. The fourth-order valence-electron chi connectivity index (χ4n) is 3.50. The number of amides is 2. The molecule has 0 unspecified atom stereocenters. The van der Waals surface area contributed by atoms with Crippen molar-refractivity contribution in [3.05, 3.63) is 29.3 Å². The van der Waals surface area contributed by atoms with Crippen LogP contribution in [0, 0.1) is 6.92 Å². The summed E-state index contributed by atoms with van der Waals surface area (Å²) in [4.78, 5) is 14.1. The molecule has 1 N–H and O–H groups in total. The summed E-state index contributed by atoms with van der Waals surface area (Å²) in [6.45, 7) is 18.1. The molecule has 160 valence electrons. The molecule has 0 bridgehead atoms. The molecule has 0 spiro atoms. The van der Waals surface area contributed by atoms with Gasteiger partial charge in [0.2, 0.25) is 0 Å². The van der Waals surface area contributed by atoms with Gasteiger partial charge in [0, 0.05) is 6.54 Å². The molecule has 2 heterocycles. The number of hydrogen-bond acceptors (Lipinski definition) is 4. The van der Waals surface area contributed by atoms with Crippen LogP contribution in [0.2, 0.25) is 0 Å². The molecule has 0 atom stereocenters. The van der Waals surface area contributed by atoms with Crippen molar-refractivity contribution in [2.45, 2.75) is 84.8 Å². The molecule has 0 aliphatic carbocycles. The Hall–Kier alpha value is -1.57. The van der Waals surface area contributed by atoms with E-state index >= 15 is 0 Å². The first-order chi connectivity index (χ1) is 13.3. The van der Waals surface area contributed by atoms with Crippen molar-refractivity contribution in [2.75, 3.05) is 13.1 Å². The van der Waals surface area contributed by atoms with E-state index in [1.165, 1.54) is 0 Å². The SMILES string of the molecule is Cc1cc(B2OC(C)(C)C(C)(C)O2)ccc1CNC(=O)N1CC(OC(C)(C)C)C1. The number of benzene rings is 1. The maximum atomic E-state index is 12.4. The lowest BCUT2D eigenvalue weighted by Gasteiger charge is -2.41. The summed E-state index contributed by atoms with van der Waals surface area (Å²) in [7, 11) is -0.372. The normalized spacial score (nSPS) is 21.2. The van der Waals surface area contributed by atoms with Gasteiger partial charge in [-0.3, -0.25) is 0 Å². The van der Waals surface area contributed by atoms with Crippen LogP contribution in [-0.2, 0) is 20.6 Å². The van der Waals surface area contributed by atoms with Crippen LogP contribution in [0.25, 0.3) is 0 Å². The summed E-state index contributed by atoms with van der Waals surface area (Å²) in [5.74, 6) is 0. The topological polar surface area (TPSA) is 60.0 Å². The Morgan fingerprint density at radius 1 is 1.21 bits per heavy atom. The van der Waals surface area contributed by atoms with Crippen molar-refractivity contribution >= 4 is 18.6 Å². The van der Waals surface area contributed by atoms with E-state index in [1.54, 1.807) is 4.90 Å². The zero-order chi connectivity index (χ0) is 21.6. The fourth-order valence-corrected chi connectivity index (χ4v) is 3.50. The first-order valence-corrected chi connectivity index (χ1v) is 10.4. The number of rotatable bonds is 4. The van der Waals surface area contributed by atoms with Gasteiger partial charge < -0.3 is 24.3 Å². The third-order valence-corrected chi connectivity index (χ3v) is 5.98. The molecule has 1 aromatic carbocycles. The molecule has 2 fully saturated rings. The number of aryl methyl sites for hydroxylation is 1. The third kappa shape index (κ3) is 4.96. The summed E-state index contributed by atoms with van der Waals surface area (Å²) in [6.07, 6.45) is 0.127. The number of nitrogens with zero attached hydrogens (tertiary/aromatic N) is 1. The smallest absolute Gasteiger partial charge is 0.399 e. The van der Waals surface area contributed by atoms with E-state index in [0.29, 0.717) is 19.6 Å². The van der Waals surface area contributed by atoms with Gasteiger partial charge in [-0.15, -0.1) is 0 Å². The van der Waals surface area contributed by atoms with Gasteiger partial charge >= 0.3 is 13.1 Å². The second kappa shape index (κ2) is 7.60. The monoisotopic (exact) mass is 402 g/mol. The number of carbonyl (C=O) groups is 1. The molecule has 2 aliphatic heterocycles. The van der Waals surface area contributed by atoms with Gasteiger partial charge in [-0.05, 0) is 72.0 Å². The van der Waals surface area contributed by atoms with E-state index in [9.17, 15) is 4.79 Å². The van der Waals surface area contributed by atoms with Gasteiger partial charge in [0.25, 0.3) is 0 Å². The molecule has 2 aliphatic rings. The van der Waals surface area contributed by atoms with Crippen molar-refractivity contribution < 1.29 is 18.8 Å². The van der Waals surface area contributed by atoms with E-state index < -0.39 is 0 Å². The Morgan fingerprint density at radius 3 is 2.31 bits per heavy atom. The molecule has 0 radical (unpaired) electrons. The van der Waals surface area contributed by atoms with Crippen LogP contribution in [0.3, 0.4) is 0 Å². The Balaban J connectivity index is 1.52. The molecule has 6 nitrogen and oxygen atoms in total. The summed E-state index contributed by atoms with van der Waals surface area (Å²) in [5, 5.41) is 3.01. The van der Waals surface area contributed by atoms with Crippen molar-refractivity contribution in [2.24, 2.45) is 0 Å². The highest BCUT2D eigenvalue weighted by Gasteiger charge is 2.51. The Bertz CT molecular complexity index is 751. The standard InChI is InChI=1S/C22H35BN2O4/c1-15-11-17(23-28-21(5,6)22(7,8)29-23)10-9-16(15)12-24-19(26)25-13-18(14-25)27-20(2,3)4/h9-11,18H,12-14H2,1-8H3,(H,24,26). The molecular weight excluding hydrogens is 367 g/mol. The maximum absolute atomic E-state index is 12.4. The maximum Gasteiger partial charge on any atom is 0.494 e. The Morgan fingerprint density at radius 2 is 1.79 bits per heavy atom. The largest absolute Gasteiger partial charge is 0.494 e. The van der Waals surface area contributed by atoms with E-state index in [2.05, 4.69) is 39.1 Å². The minimum Gasteiger partial charge on any atom is -0.399 e. The van der Waals surface area contributed by atoms with Gasteiger partial charge in [0.1, 0.15) is 0 Å². The first-order valence-electron chi connectivity index (χ1n) is 10.4. The molecule has 7 heteroatoms. The van der Waals surface area contributed by atoms with Crippen LogP contribution < -0.4 is 10.8 Å². The number of carbonyl (C=O) groups excluding carboxylic acids is 1. The fraction of sp³-hybridized carbons (Fsp3) is 0.682. The minimum atomic E-state index is -0.372. The molecule has 2 saturated heterocycles. The molecule has 1 aromatic rings. The molecule has 2 amide bonds. The lowest BCUT2D eigenvalue weighted by atomic mass is 9.78. The van der Waals surface area contributed by atoms with E-state index in [-0.39, 0.29) is 36.1 Å². The van der Waals surface area contributed by atoms with Gasteiger partial charge in [-0.1, -0.05) is 18.2 Å². The van der Waals surface area contributed by atoms with Crippen LogP contribution in [0.1, 0.15) is 59.6 Å². The zero-order valence-corrected chi connectivity index (χ0v) is 19.1. The van der Waals surface area contributed by atoms with E-state index in [4.69, 9.17) is 14.0 Å². The third-order valence-electron chi connectivity index (χ3n) is 5.98. The van der Waals surface area contributed by atoms with Gasteiger partial charge in [-0.2, -0.15) is 0 Å². The Kier molecular flexibility index (Phi) is 5.80. The molecule has 3 rings (SSSR count). The Labute approximate surface area is 175 Å². The summed E-state index contributed by atoms with van der Waals surface area (Å²) < 4.78 is 18.1. The van der Waals surface area contributed by atoms with Crippen molar-refractivity contribution in [3.63, 3.8) is 0 Å². The van der Waals surface area contributed by atoms with Crippen LogP contribution in [0.5, 0.6) is 0 Å². The summed E-state index contributed by atoms with van der Waals surface area (Å²) in [5.41, 5.74) is 2.30. The number of ether oxygens (including phenoxy) is 1. The van der Waals surface area contributed by atoms with Crippen molar-refractivity contribution in [1.29, 1.82) is 0 Å². The number of likely N-dealkylation sites (tertiary alicyclic amines) is 1. The highest BCUT2D eigenvalue weighted by atomic mass is 16.7. The van der Waals surface area contributed by atoms with Crippen molar-refractivity contribution in [1.82, 2.24) is 10.2 Å². The van der Waals surface area contributed by atoms with Crippen LogP contribution in [0.4, 0.5) is 4.79 Å². The van der Waals surface area contributed by atoms with Crippen LogP contribution in [-0.4, -0.2) is 54.0 Å². The zero-order valence-electron chi connectivity index (χ0n) is 19.1. The lowest BCUT2D eigenvalue weighted by molar-refractivity contribution is -0.111. The lowest BCUT2D eigenvalue weighted by Crippen LogP contribution is -2.59. The van der Waals surface area contributed by atoms with Gasteiger partial charge in [0.05, 0.1) is 36.0 Å². The van der Waals surface area contributed by atoms with Crippen LogP contribution in [0.15, 0.2) is 18.2 Å². The highest BCUT2D eigenvalue weighted by Crippen LogP contribution is 2.36. The molecular formula is C22H35BN2O4. The van der Waals surface area contributed by atoms with Crippen LogP contribution >= 0.6 is 0 Å². The predicted molar refractivity (Wildman–Crippen MR) is 115 cm³/mol. The summed E-state index contributed by atoms with van der Waals surface area (Å²) in [6, 6.07) is 6.10. The van der Waals surface area contributed by atoms with Crippen molar-refractivity contribution in [3.8, 4) is 0 Å². The van der Waals surface area contributed by atoms with Gasteiger partial charge in [-0.25, -0.2) is 4.79 Å². The van der Waals surface area contributed by atoms with E-state index in [1.807, 2.05) is 39.8 Å². The second-order valence-corrected chi connectivity index (χ2v) is 10.2. The molecule has 0 saturated carbocycles. The second-order valence-electron chi connectivity index (χ2n) is 10.2. The average Bonchev–Trinajstić information content (AvgIpc) is 2.76. The first kappa shape index (κ1) is 22.1. The number of urea groups is 1. The van der Waals surface area contributed by atoms with Gasteiger partial charge in [0.15, 0.2) is 0 Å². The molecule has 0 aromatic heterocycles. The number of nitrogens with one attached hydrogen (secondary N) is 1. The predicted octanol–water partition coefficient (Wildman–Crippen LogP) is 3.00. The highest BCUT2D eigenvalue weighted by molar-refractivity contribution is 6.62. The summed E-state index contributed by atoms with van der Waals surface area (Å²) >= 11 is 0. The average molecular weight is 402 g/mol. The molecule has 29 heavy (non-hydrogen) atoms. The number of hydrogen-bond donors (Lipinski definition) is 1.